The lowest BCUT2D eigenvalue weighted by Gasteiger charge is -2.29. The van der Waals surface area contributed by atoms with Gasteiger partial charge >= 0.3 is 0 Å². The minimum absolute atomic E-state index is 0.00823. The van der Waals surface area contributed by atoms with E-state index in [4.69, 9.17) is 22.1 Å². The average Bonchev–Trinajstić information content (AvgIpc) is 3.50. The maximum absolute atomic E-state index is 13.5. The molecule has 1 aromatic carbocycles. The predicted octanol–water partition coefficient (Wildman–Crippen LogP) is 3.05. The number of anilines is 1. The number of imidazole rings is 1. The summed E-state index contributed by atoms with van der Waals surface area (Å²) in [5.74, 6) is -2.22. The van der Waals surface area contributed by atoms with Gasteiger partial charge in [0.2, 0.25) is 5.91 Å². The Morgan fingerprint density at radius 1 is 1.21 bits per heavy atom. The second-order valence-electron chi connectivity index (χ2n) is 8.68. The van der Waals surface area contributed by atoms with E-state index >= 15 is 0 Å². The van der Waals surface area contributed by atoms with Crippen LogP contribution in [-0.2, 0) is 9.53 Å². The Morgan fingerprint density at radius 2 is 1.97 bits per heavy atom. The fraction of sp³-hybridized carbons (Fsp3) is 0.478. The van der Waals surface area contributed by atoms with E-state index in [0.29, 0.717) is 38.8 Å². The van der Waals surface area contributed by atoms with Crippen molar-refractivity contribution in [1.29, 1.82) is 0 Å². The monoisotopic (exact) mass is 491 g/mol. The van der Waals surface area contributed by atoms with Gasteiger partial charge in [-0.2, -0.15) is 0 Å². The summed E-state index contributed by atoms with van der Waals surface area (Å²) in [4.78, 5) is 41.7. The molecular weight excluding hydrogens is 465 g/mol. The van der Waals surface area contributed by atoms with Crippen LogP contribution in [0.5, 0.6) is 0 Å². The molecular formula is C23H27ClFN5O4. The van der Waals surface area contributed by atoms with Gasteiger partial charge in [0.15, 0.2) is 5.69 Å². The third-order valence-corrected chi connectivity index (χ3v) is 6.73. The van der Waals surface area contributed by atoms with Crippen molar-refractivity contribution in [3.63, 3.8) is 0 Å². The summed E-state index contributed by atoms with van der Waals surface area (Å²) >= 11 is 6.04. The highest BCUT2D eigenvalue weighted by atomic mass is 35.5. The Labute approximate surface area is 201 Å². The minimum Gasteiger partial charge on any atom is -0.376 e. The number of halogens is 2. The Hall–Kier alpha value is -2.98. The SMILES string of the molecule is NC(=O)c1c(C(=O)NCC2CCCO2)ncn1[C@H]1CC[C@H](C(=O)Nc2cc(F)ccc2Cl)CC1. The van der Waals surface area contributed by atoms with Crippen LogP contribution in [0.25, 0.3) is 0 Å². The van der Waals surface area contributed by atoms with Crippen LogP contribution in [0.4, 0.5) is 10.1 Å². The standard InChI is InChI=1S/C23H27ClFN5O4/c24-17-8-5-14(25)10-18(17)29-22(32)13-3-6-15(7-4-13)30-12-28-19(20(30)21(26)31)23(33)27-11-16-2-1-9-34-16/h5,8,10,12-13,15-16H,1-4,6-7,9,11H2,(H2,26,31)(H,27,33)(H,29,32)/t13-,15-,16?. The second-order valence-corrected chi connectivity index (χ2v) is 9.08. The van der Waals surface area contributed by atoms with Gasteiger partial charge in [-0.15, -0.1) is 0 Å². The molecule has 1 aliphatic carbocycles. The number of amides is 3. The van der Waals surface area contributed by atoms with Crippen LogP contribution in [-0.4, -0.2) is 46.5 Å². The van der Waals surface area contributed by atoms with Crippen LogP contribution in [0.15, 0.2) is 24.5 Å². The van der Waals surface area contributed by atoms with Crippen molar-refractivity contribution in [3.05, 3.63) is 46.8 Å². The van der Waals surface area contributed by atoms with E-state index in [-0.39, 0.29) is 46.1 Å². The van der Waals surface area contributed by atoms with Crippen molar-refractivity contribution in [3.8, 4) is 0 Å². The van der Waals surface area contributed by atoms with E-state index in [9.17, 15) is 18.8 Å². The number of aromatic nitrogens is 2. The van der Waals surface area contributed by atoms with Crippen LogP contribution in [0.2, 0.25) is 5.02 Å². The number of ether oxygens (including phenoxy) is 1. The lowest BCUT2D eigenvalue weighted by Crippen LogP contribution is -2.34. The number of primary amides is 1. The van der Waals surface area contributed by atoms with Gasteiger partial charge in [0, 0.05) is 25.1 Å². The zero-order valence-corrected chi connectivity index (χ0v) is 19.3. The summed E-state index contributed by atoms with van der Waals surface area (Å²) < 4.78 is 20.6. The van der Waals surface area contributed by atoms with Gasteiger partial charge in [0.25, 0.3) is 11.8 Å². The molecule has 0 spiro atoms. The molecule has 2 aromatic rings. The number of hydrogen-bond donors (Lipinski definition) is 3. The molecule has 1 saturated heterocycles. The zero-order valence-electron chi connectivity index (χ0n) is 18.6. The quantitative estimate of drug-likeness (QED) is 0.548. The third-order valence-electron chi connectivity index (χ3n) is 6.40. The molecule has 9 nitrogen and oxygen atoms in total. The van der Waals surface area contributed by atoms with Crippen molar-refractivity contribution in [1.82, 2.24) is 14.9 Å². The third kappa shape index (κ3) is 5.39. The lowest BCUT2D eigenvalue weighted by molar-refractivity contribution is -0.121. The fourth-order valence-corrected chi connectivity index (χ4v) is 4.75. The number of carbonyl (C=O) groups is 3. The lowest BCUT2D eigenvalue weighted by atomic mass is 9.85. The normalized spacial score (nSPS) is 22.4. The number of nitrogens with zero attached hydrogens (tertiary/aromatic N) is 2. The van der Waals surface area contributed by atoms with Crippen LogP contribution in [0.3, 0.4) is 0 Å². The molecule has 182 valence electrons. The van der Waals surface area contributed by atoms with Gasteiger partial charge in [-0.05, 0) is 56.7 Å². The van der Waals surface area contributed by atoms with E-state index in [1.54, 1.807) is 4.57 Å². The van der Waals surface area contributed by atoms with Crippen molar-refractivity contribution in [2.75, 3.05) is 18.5 Å². The molecule has 2 fully saturated rings. The minimum atomic E-state index is -0.736. The van der Waals surface area contributed by atoms with Gasteiger partial charge in [-0.25, -0.2) is 9.37 Å². The molecule has 34 heavy (non-hydrogen) atoms. The zero-order chi connectivity index (χ0) is 24.2. The Kier molecular flexibility index (Phi) is 7.47. The van der Waals surface area contributed by atoms with Crippen molar-refractivity contribution in [2.45, 2.75) is 50.7 Å². The molecule has 1 saturated carbocycles. The van der Waals surface area contributed by atoms with Crippen molar-refractivity contribution in [2.24, 2.45) is 11.7 Å². The first-order valence-electron chi connectivity index (χ1n) is 11.4. The highest BCUT2D eigenvalue weighted by molar-refractivity contribution is 6.33. The van der Waals surface area contributed by atoms with Gasteiger partial charge in [-0.3, -0.25) is 14.4 Å². The van der Waals surface area contributed by atoms with E-state index in [1.807, 2.05) is 0 Å². The Morgan fingerprint density at radius 3 is 2.65 bits per heavy atom. The van der Waals surface area contributed by atoms with Gasteiger partial charge in [0.1, 0.15) is 11.5 Å². The molecule has 4 N–H and O–H groups in total. The van der Waals surface area contributed by atoms with Crippen molar-refractivity contribution < 1.29 is 23.5 Å². The van der Waals surface area contributed by atoms with Gasteiger partial charge in [-0.1, -0.05) is 11.6 Å². The highest BCUT2D eigenvalue weighted by Crippen LogP contribution is 2.34. The highest BCUT2D eigenvalue weighted by Gasteiger charge is 2.31. The molecule has 1 aromatic heterocycles. The van der Waals surface area contributed by atoms with Gasteiger partial charge in [0.05, 0.1) is 23.1 Å². The average molecular weight is 492 g/mol. The van der Waals surface area contributed by atoms with E-state index in [1.165, 1.54) is 24.5 Å². The maximum Gasteiger partial charge on any atom is 0.272 e. The van der Waals surface area contributed by atoms with Crippen LogP contribution in [0, 0.1) is 11.7 Å². The topological polar surface area (TPSA) is 128 Å². The number of nitrogens with one attached hydrogen (secondary N) is 2. The Balaban J connectivity index is 1.38. The molecule has 0 bridgehead atoms. The first kappa shape index (κ1) is 24.2. The maximum atomic E-state index is 13.5. The molecule has 3 amide bonds. The number of hydrogen-bond acceptors (Lipinski definition) is 5. The smallest absolute Gasteiger partial charge is 0.272 e. The van der Waals surface area contributed by atoms with Crippen LogP contribution >= 0.6 is 11.6 Å². The molecule has 1 unspecified atom stereocenters. The number of nitrogens with two attached hydrogens (primary N) is 1. The van der Waals surface area contributed by atoms with E-state index in [2.05, 4.69) is 15.6 Å². The predicted molar refractivity (Wildman–Crippen MR) is 123 cm³/mol. The Bertz CT molecular complexity index is 1080. The second kappa shape index (κ2) is 10.5. The van der Waals surface area contributed by atoms with Crippen molar-refractivity contribution >= 4 is 35.0 Å². The van der Waals surface area contributed by atoms with E-state index in [0.717, 1.165) is 12.8 Å². The molecule has 0 radical (unpaired) electrons. The van der Waals surface area contributed by atoms with E-state index < -0.39 is 17.6 Å². The molecule has 4 rings (SSSR count). The molecule has 2 heterocycles. The first-order valence-corrected chi connectivity index (χ1v) is 11.7. The van der Waals surface area contributed by atoms with Gasteiger partial charge < -0.3 is 25.7 Å². The summed E-state index contributed by atoms with van der Waals surface area (Å²) in [7, 11) is 0. The molecule has 2 aliphatic rings. The molecule has 1 atom stereocenters. The number of carbonyl (C=O) groups excluding carboxylic acids is 3. The summed E-state index contributed by atoms with van der Waals surface area (Å²) in [6, 6.07) is 3.67. The number of benzene rings is 1. The summed E-state index contributed by atoms with van der Waals surface area (Å²) in [5, 5.41) is 5.72. The number of rotatable bonds is 7. The summed E-state index contributed by atoms with van der Waals surface area (Å²) in [6.45, 7) is 1.02. The first-order chi connectivity index (χ1) is 16.3. The molecule has 1 aliphatic heterocycles. The van der Waals surface area contributed by atoms with Crippen LogP contribution in [0.1, 0.15) is 65.5 Å². The largest absolute Gasteiger partial charge is 0.376 e. The molecule has 11 heteroatoms. The summed E-state index contributed by atoms with van der Waals surface area (Å²) in [6.07, 6.45) is 5.51. The van der Waals surface area contributed by atoms with Crippen LogP contribution < -0.4 is 16.4 Å². The summed E-state index contributed by atoms with van der Waals surface area (Å²) in [5.41, 5.74) is 5.88. The fourth-order valence-electron chi connectivity index (χ4n) is 4.59.